The molecule has 5 saturated carbocycles. The number of anilines is 1. The van der Waals surface area contributed by atoms with Crippen LogP contribution in [0, 0.1) is 24.2 Å². The highest BCUT2D eigenvalue weighted by Gasteiger charge is 2.51. The minimum absolute atomic E-state index is 0.0558. The van der Waals surface area contributed by atoms with Crippen molar-refractivity contribution in [2.75, 3.05) is 31.6 Å². The molecule has 50 heavy (non-hydrogen) atoms. The molecule has 1 aromatic carbocycles. The monoisotopic (exact) mass is 680 g/mol. The van der Waals surface area contributed by atoms with Gasteiger partial charge in [-0.2, -0.15) is 5.10 Å². The van der Waals surface area contributed by atoms with Crippen LogP contribution in [-0.4, -0.2) is 69.5 Å². The third kappa shape index (κ3) is 6.28. The molecule has 0 atom stereocenters. The van der Waals surface area contributed by atoms with Crippen LogP contribution in [0.15, 0.2) is 43.0 Å². The van der Waals surface area contributed by atoms with Crippen molar-refractivity contribution in [2.45, 2.75) is 115 Å². The second-order valence-corrected chi connectivity index (χ2v) is 16.3. The molecule has 6 fully saturated rings. The Balaban J connectivity index is 1.01. The van der Waals surface area contributed by atoms with Crippen LogP contribution in [0.2, 0.25) is 0 Å². The predicted molar refractivity (Wildman–Crippen MR) is 191 cm³/mol. The van der Waals surface area contributed by atoms with E-state index < -0.39 is 0 Å². The van der Waals surface area contributed by atoms with Crippen molar-refractivity contribution in [2.24, 2.45) is 17.3 Å². The smallest absolute Gasteiger partial charge is 0.410 e. The van der Waals surface area contributed by atoms with Crippen molar-refractivity contribution in [3.63, 3.8) is 0 Å². The Morgan fingerprint density at radius 2 is 1.70 bits per heavy atom. The molecular formula is C40H52N6O4. The van der Waals surface area contributed by atoms with Crippen LogP contribution in [0.1, 0.15) is 108 Å². The third-order valence-corrected chi connectivity index (χ3v) is 13.1. The van der Waals surface area contributed by atoms with Crippen molar-refractivity contribution in [3.05, 3.63) is 54.1 Å². The first-order valence-electron chi connectivity index (χ1n) is 19.0. The minimum Gasteiger partial charge on any atom is -0.496 e. The standard InChI is InChI=1S/C40H52N6O4/c1-27-22-44(23-27)38(48)50-33-10-7-29(8-11-33)37(47)45(36-20-34(41-26-42-36)30-21-43-46(24-30)32-5-4-6-32)25-39-13-16-40(17-14-39,18-15-39)31-9-12-35(49-3)28(2)19-31/h9,12,19-21,24,26-27,29,32-33H,4-8,10-11,13-18,22-23,25H2,1-3H3. The van der Waals surface area contributed by atoms with Gasteiger partial charge in [0, 0.05) is 43.4 Å². The molecule has 1 aliphatic heterocycles. The van der Waals surface area contributed by atoms with E-state index in [-0.39, 0.29) is 34.9 Å². The number of nitrogens with zero attached hydrogens (tertiary/aromatic N) is 6. The fourth-order valence-electron chi connectivity index (χ4n) is 9.44. The van der Waals surface area contributed by atoms with Gasteiger partial charge in [0.1, 0.15) is 24.0 Å². The van der Waals surface area contributed by atoms with Gasteiger partial charge in [-0.1, -0.05) is 19.1 Å². The van der Waals surface area contributed by atoms with Crippen molar-refractivity contribution in [3.8, 4) is 17.0 Å². The number of rotatable bonds is 9. The van der Waals surface area contributed by atoms with Gasteiger partial charge in [-0.15, -0.1) is 0 Å². The molecule has 0 unspecified atom stereocenters. The summed E-state index contributed by atoms with van der Waals surface area (Å²) in [6.45, 7) is 6.49. The molecule has 6 aliphatic rings. The minimum atomic E-state index is -0.205. The summed E-state index contributed by atoms with van der Waals surface area (Å²) in [5.41, 5.74) is 4.63. The Morgan fingerprint density at radius 1 is 0.960 bits per heavy atom. The zero-order chi connectivity index (χ0) is 34.5. The highest BCUT2D eigenvalue weighted by atomic mass is 16.6. The third-order valence-electron chi connectivity index (χ3n) is 13.1. The van der Waals surface area contributed by atoms with Crippen molar-refractivity contribution < 1.29 is 19.1 Å². The number of carbonyl (C=O) groups is 2. The number of ether oxygens (including phenoxy) is 2. The Kier molecular flexibility index (Phi) is 8.84. The second-order valence-electron chi connectivity index (χ2n) is 16.3. The number of carbonyl (C=O) groups excluding carboxylic acids is 2. The summed E-state index contributed by atoms with van der Waals surface area (Å²) in [4.78, 5) is 40.5. The molecule has 10 heteroatoms. The Labute approximate surface area is 295 Å². The lowest BCUT2D eigenvalue weighted by Crippen LogP contribution is -2.52. The molecule has 2 bridgehead atoms. The summed E-state index contributed by atoms with van der Waals surface area (Å²) in [5, 5.41) is 4.65. The van der Waals surface area contributed by atoms with E-state index in [9.17, 15) is 9.59 Å². The van der Waals surface area contributed by atoms with Crippen LogP contribution >= 0.6 is 0 Å². The van der Waals surface area contributed by atoms with E-state index >= 15 is 0 Å². The summed E-state index contributed by atoms with van der Waals surface area (Å²) in [7, 11) is 1.74. The summed E-state index contributed by atoms with van der Waals surface area (Å²) in [6.07, 6.45) is 18.3. The lowest BCUT2D eigenvalue weighted by atomic mass is 9.51. The lowest BCUT2D eigenvalue weighted by Gasteiger charge is -2.55. The maximum atomic E-state index is 14.7. The topological polar surface area (TPSA) is 103 Å². The normalized spacial score (nSPS) is 28.1. The number of methoxy groups -OCH3 is 1. The molecular weight excluding hydrogens is 628 g/mol. The van der Waals surface area contributed by atoms with Gasteiger partial charge in [0.05, 0.1) is 25.0 Å². The molecule has 3 heterocycles. The summed E-state index contributed by atoms with van der Waals surface area (Å²) in [6, 6.07) is 9.19. The SMILES string of the molecule is COc1ccc(C23CCC(CN(C(=O)C4CCC(OC(=O)N5CC(C)C5)CC4)c4cc(-c5cnn(C6CCC6)c5)ncn4)(CC2)CC3)cc1C. The Morgan fingerprint density at radius 3 is 2.34 bits per heavy atom. The number of hydrogen-bond donors (Lipinski definition) is 0. The first kappa shape index (κ1) is 33.2. The highest BCUT2D eigenvalue weighted by Crippen LogP contribution is 2.58. The van der Waals surface area contributed by atoms with E-state index in [1.807, 2.05) is 17.2 Å². The van der Waals surface area contributed by atoms with Gasteiger partial charge in [-0.05, 0) is 124 Å². The number of aromatic nitrogens is 4. The van der Waals surface area contributed by atoms with Crippen LogP contribution in [-0.2, 0) is 14.9 Å². The van der Waals surface area contributed by atoms with Crippen LogP contribution in [0.4, 0.5) is 10.6 Å². The Bertz CT molecular complexity index is 1700. The first-order valence-corrected chi connectivity index (χ1v) is 19.0. The fraction of sp³-hybridized carbons (Fsp3) is 0.625. The van der Waals surface area contributed by atoms with Crippen LogP contribution < -0.4 is 9.64 Å². The van der Waals surface area contributed by atoms with Gasteiger partial charge in [-0.3, -0.25) is 14.4 Å². The molecule has 1 saturated heterocycles. The van der Waals surface area contributed by atoms with E-state index in [2.05, 4.69) is 53.0 Å². The number of aryl methyl sites for hydroxylation is 1. The molecule has 9 rings (SSSR count). The van der Waals surface area contributed by atoms with Crippen LogP contribution in [0.3, 0.4) is 0 Å². The lowest BCUT2D eigenvalue weighted by molar-refractivity contribution is -0.124. The van der Waals surface area contributed by atoms with Gasteiger partial charge < -0.3 is 14.4 Å². The molecule has 10 nitrogen and oxygen atoms in total. The zero-order valence-corrected chi connectivity index (χ0v) is 30.0. The molecule has 0 radical (unpaired) electrons. The van der Waals surface area contributed by atoms with Crippen molar-refractivity contribution >= 4 is 17.8 Å². The molecule has 5 aliphatic carbocycles. The highest BCUT2D eigenvalue weighted by molar-refractivity contribution is 5.94. The molecule has 0 spiro atoms. The quantitative estimate of drug-likeness (QED) is 0.229. The van der Waals surface area contributed by atoms with E-state index in [0.717, 1.165) is 68.6 Å². The van der Waals surface area contributed by atoms with Crippen molar-refractivity contribution in [1.82, 2.24) is 24.6 Å². The van der Waals surface area contributed by atoms with E-state index in [1.54, 1.807) is 18.3 Å². The van der Waals surface area contributed by atoms with Gasteiger partial charge in [-0.25, -0.2) is 14.8 Å². The number of amides is 2. The molecule has 2 amide bonds. The maximum Gasteiger partial charge on any atom is 0.410 e. The van der Waals surface area contributed by atoms with Gasteiger partial charge in [0.15, 0.2) is 0 Å². The average molecular weight is 681 g/mol. The second kappa shape index (κ2) is 13.3. The first-order chi connectivity index (χ1) is 24.2. The fourth-order valence-corrected chi connectivity index (χ4v) is 9.44. The van der Waals surface area contributed by atoms with E-state index in [1.165, 1.54) is 30.4 Å². The molecule has 3 aromatic rings. The molecule has 2 aromatic heterocycles. The molecule has 266 valence electrons. The van der Waals surface area contributed by atoms with E-state index in [0.29, 0.717) is 50.0 Å². The van der Waals surface area contributed by atoms with Gasteiger partial charge in [0.25, 0.3) is 0 Å². The largest absolute Gasteiger partial charge is 0.496 e. The number of benzene rings is 1. The van der Waals surface area contributed by atoms with E-state index in [4.69, 9.17) is 14.5 Å². The van der Waals surface area contributed by atoms with Crippen LogP contribution in [0.25, 0.3) is 11.3 Å². The summed E-state index contributed by atoms with van der Waals surface area (Å²) < 4.78 is 13.5. The zero-order valence-electron chi connectivity index (χ0n) is 30.0. The average Bonchev–Trinajstić information content (AvgIpc) is 3.59. The number of fused-ring (bicyclic) bond motifs is 3. The summed E-state index contributed by atoms with van der Waals surface area (Å²) >= 11 is 0. The van der Waals surface area contributed by atoms with Gasteiger partial charge in [0.2, 0.25) is 5.91 Å². The maximum absolute atomic E-state index is 14.7. The van der Waals surface area contributed by atoms with Crippen LogP contribution in [0.5, 0.6) is 5.75 Å². The summed E-state index contributed by atoms with van der Waals surface area (Å²) in [5.74, 6) is 2.18. The number of hydrogen-bond acceptors (Lipinski definition) is 7. The van der Waals surface area contributed by atoms with Gasteiger partial charge >= 0.3 is 6.09 Å². The number of likely N-dealkylation sites (tertiary alicyclic amines) is 1. The molecule has 0 N–H and O–H groups in total. The Hall–Kier alpha value is -3.95. The predicted octanol–water partition coefficient (Wildman–Crippen LogP) is 7.65. The van der Waals surface area contributed by atoms with Crippen molar-refractivity contribution in [1.29, 1.82) is 0 Å².